The number of hydrogen-bond acceptors (Lipinski definition) is 3. The van der Waals surface area contributed by atoms with Gasteiger partial charge in [-0.15, -0.1) is 0 Å². The van der Waals surface area contributed by atoms with Crippen molar-refractivity contribution < 1.29 is 93.7 Å². The van der Waals surface area contributed by atoms with Crippen LogP contribution in [-0.4, -0.2) is 27.1 Å². The second-order valence-corrected chi connectivity index (χ2v) is 2.23. The zero-order valence-corrected chi connectivity index (χ0v) is 12.9. The monoisotopic (exact) mass is 219 g/mol. The summed E-state index contributed by atoms with van der Waals surface area (Å²) in [6.45, 7) is 0. The number of nitrogens with one attached hydrogen (secondary N) is 1. The SMILES string of the molecule is NC(Cc1cnc[nH]1)C(=O)O.[H-].[H-].[K+].[Na+]. The summed E-state index contributed by atoms with van der Waals surface area (Å²) in [4.78, 5) is 16.8. The van der Waals surface area contributed by atoms with Crippen LogP contribution in [0.4, 0.5) is 0 Å². The van der Waals surface area contributed by atoms with Gasteiger partial charge in [0.2, 0.25) is 0 Å². The summed E-state index contributed by atoms with van der Waals surface area (Å²) >= 11 is 0. The van der Waals surface area contributed by atoms with Gasteiger partial charge in [-0.2, -0.15) is 0 Å². The maximum absolute atomic E-state index is 10.3. The molecule has 4 N–H and O–H groups in total. The fraction of sp³-hybridized carbons (Fsp3) is 0.333. The first-order valence-electron chi connectivity index (χ1n) is 3.16. The molecule has 0 fully saturated rings. The number of aliphatic carboxylic acids is 1. The minimum Gasteiger partial charge on any atom is -1.00 e. The van der Waals surface area contributed by atoms with Crippen LogP contribution in [0.3, 0.4) is 0 Å². The van der Waals surface area contributed by atoms with E-state index in [2.05, 4.69) is 9.97 Å². The van der Waals surface area contributed by atoms with E-state index in [4.69, 9.17) is 10.8 Å². The molecule has 0 bridgehead atoms. The normalized spacial score (nSPS) is 10.8. The zero-order valence-electron chi connectivity index (χ0n) is 9.82. The molecule has 0 saturated heterocycles. The summed E-state index contributed by atoms with van der Waals surface area (Å²) in [5.74, 6) is -1.00. The number of aromatic nitrogens is 2. The maximum atomic E-state index is 10.3. The Morgan fingerprint density at radius 1 is 1.85 bits per heavy atom. The van der Waals surface area contributed by atoms with Gasteiger partial charge in [-0.3, -0.25) is 4.79 Å². The Kier molecular flexibility index (Phi) is 11.0. The first-order chi connectivity index (χ1) is 5.20. The molecule has 0 saturated carbocycles. The smallest absolute Gasteiger partial charge is 1.00 e. The molecule has 1 atom stereocenters. The Balaban J connectivity index is -0.000000151. The Hall–Kier alpha value is 1.28. The summed E-state index contributed by atoms with van der Waals surface area (Å²) in [6, 6.07) is -0.851. The van der Waals surface area contributed by atoms with Crippen molar-refractivity contribution in [3.05, 3.63) is 18.2 Å². The molecule has 1 unspecified atom stereocenters. The van der Waals surface area contributed by atoms with Gasteiger partial charge in [0.05, 0.1) is 6.33 Å². The Morgan fingerprint density at radius 3 is 2.85 bits per heavy atom. The molecule has 5 nitrogen and oxygen atoms in total. The van der Waals surface area contributed by atoms with Crippen molar-refractivity contribution in [2.45, 2.75) is 12.5 Å². The third-order valence-electron chi connectivity index (χ3n) is 1.31. The van der Waals surface area contributed by atoms with E-state index < -0.39 is 12.0 Å². The molecule has 1 aromatic rings. The number of nitrogens with zero attached hydrogens (tertiary/aromatic N) is 1. The van der Waals surface area contributed by atoms with Gasteiger partial charge in [-0.1, -0.05) is 0 Å². The number of carboxylic acids is 1. The van der Waals surface area contributed by atoms with Crippen LogP contribution in [-0.2, 0) is 11.2 Å². The van der Waals surface area contributed by atoms with E-state index in [1.54, 1.807) is 6.20 Å². The predicted molar refractivity (Wildman–Crippen MR) is 40.1 cm³/mol. The third-order valence-corrected chi connectivity index (χ3v) is 1.31. The fourth-order valence-corrected chi connectivity index (χ4v) is 0.721. The average Bonchev–Trinajstić information content (AvgIpc) is 2.39. The molecule has 0 aromatic carbocycles. The number of hydrogen-bond donors (Lipinski definition) is 3. The van der Waals surface area contributed by atoms with Crippen molar-refractivity contribution in [1.82, 2.24) is 9.97 Å². The molecule has 0 amide bonds. The first-order valence-corrected chi connectivity index (χ1v) is 3.16. The number of nitrogens with two attached hydrogens (primary N) is 1. The maximum Gasteiger partial charge on any atom is 1.00 e. The summed E-state index contributed by atoms with van der Waals surface area (Å²) in [5.41, 5.74) is 6.00. The Morgan fingerprint density at radius 2 is 2.46 bits per heavy atom. The molecule has 0 spiro atoms. The minimum atomic E-state index is -1.00. The standard InChI is InChI=1S/C6H9N3O2.K.Na.2H/c7-5(6(10)11)1-4-2-8-3-9-4;;;;/h2-3,5H,1,7H2,(H,8,9)(H,10,11);;;;/q;2*+1;2*-1. The van der Waals surface area contributed by atoms with Crippen molar-refractivity contribution in [2.75, 3.05) is 0 Å². The molecule has 7 heteroatoms. The van der Waals surface area contributed by atoms with Crippen LogP contribution in [0.25, 0.3) is 0 Å². The topological polar surface area (TPSA) is 92.0 Å². The molecular formula is C6H11KN3NaO2. The number of aromatic amines is 1. The number of rotatable bonds is 3. The molecule has 13 heavy (non-hydrogen) atoms. The van der Waals surface area contributed by atoms with Crippen LogP contribution in [0, 0.1) is 0 Å². The van der Waals surface area contributed by atoms with Gasteiger partial charge >= 0.3 is 86.9 Å². The quantitative estimate of drug-likeness (QED) is 0.441. The van der Waals surface area contributed by atoms with Crippen LogP contribution >= 0.6 is 0 Å². The predicted octanol–water partition coefficient (Wildman–Crippen LogP) is -6.40. The number of imidazole rings is 1. The third kappa shape index (κ3) is 6.37. The second kappa shape index (κ2) is 8.57. The van der Waals surface area contributed by atoms with Crippen molar-refractivity contribution in [3.63, 3.8) is 0 Å². The number of H-pyrrole nitrogens is 1. The molecule has 0 aliphatic carbocycles. The van der Waals surface area contributed by atoms with Crippen LogP contribution in [0.5, 0.6) is 0 Å². The summed E-state index contributed by atoms with van der Waals surface area (Å²) in [7, 11) is 0. The van der Waals surface area contributed by atoms with E-state index in [9.17, 15) is 4.79 Å². The summed E-state index contributed by atoms with van der Waals surface area (Å²) < 4.78 is 0. The second-order valence-electron chi connectivity index (χ2n) is 2.23. The molecule has 0 aliphatic rings. The van der Waals surface area contributed by atoms with Crippen molar-refractivity contribution >= 4 is 5.97 Å². The molecule has 1 rings (SSSR count). The van der Waals surface area contributed by atoms with E-state index in [1.165, 1.54) is 6.33 Å². The van der Waals surface area contributed by atoms with Crippen molar-refractivity contribution in [3.8, 4) is 0 Å². The van der Waals surface area contributed by atoms with Crippen LogP contribution < -0.4 is 86.7 Å². The van der Waals surface area contributed by atoms with Gasteiger partial charge in [0.1, 0.15) is 6.04 Å². The van der Waals surface area contributed by atoms with Gasteiger partial charge < -0.3 is 18.7 Å². The summed E-state index contributed by atoms with van der Waals surface area (Å²) in [6.07, 6.45) is 3.34. The van der Waals surface area contributed by atoms with Crippen molar-refractivity contribution in [2.24, 2.45) is 5.73 Å². The van der Waals surface area contributed by atoms with E-state index in [-0.39, 0.29) is 90.2 Å². The first kappa shape index (κ1) is 16.7. The molecule has 0 radical (unpaired) electrons. The zero-order chi connectivity index (χ0) is 8.27. The van der Waals surface area contributed by atoms with E-state index >= 15 is 0 Å². The summed E-state index contributed by atoms with van der Waals surface area (Å²) in [5, 5.41) is 8.42. The molecular weight excluding hydrogens is 208 g/mol. The van der Waals surface area contributed by atoms with Gasteiger partial charge in [0.15, 0.2) is 0 Å². The fourth-order valence-electron chi connectivity index (χ4n) is 0.721. The molecule has 64 valence electrons. The Labute approximate surface area is 144 Å². The molecule has 1 aromatic heterocycles. The van der Waals surface area contributed by atoms with Gasteiger partial charge in [0.25, 0.3) is 0 Å². The van der Waals surface area contributed by atoms with Gasteiger partial charge in [-0.05, 0) is 0 Å². The van der Waals surface area contributed by atoms with Gasteiger partial charge in [-0.25, -0.2) is 4.98 Å². The number of carboxylic acid groups (broad SMARTS) is 1. The van der Waals surface area contributed by atoms with Crippen LogP contribution in [0.1, 0.15) is 8.55 Å². The average molecular weight is 219 g/mol. The molecule has 0 aliphatic heterocycles. The van der Waals surface area contributed by atoms with E-state index in [1.807, 2.05) is 0 Å². The van der Waals surface area contributed by atoms with Gasteiger partial charge in [0, 0.05) is 18.3 Å². The largest absolute Gasteiger partial charge is 1.00 e. The minimum absolute atomic E-state index is 0. The van der Waals surface area contributed by atoms with Crippen molar-refractivity contribution in [1.29, 1.82) is 0 Å². The van der Waals surface area contributed by atoms with Crippen LogP contribution in [0.15, 0.2) is 12.5 Å². The van der Waals surface area contributed by atoms with E-state index in [0.717, 1.165) is 5.69 Å². The van der Waals surface area contributed by atoms with Crippen LogP contribution in [0.2, 0.25) is 0 Å². The van der Waals surface area contributed by atoms with E-state index in [0.29, 0.717) is 0 Å². The molecule has 1 heterocycles. The number of carbonyl (C=O) groups is 1. The Bertz CT molecular complexity index is 251.